The molecule has 0 radical (unpaired) electrons. The quantitative estimate of drug-likeness (QED) is 0.894. The normalized spacial score (nSPS) is 16.9. The fraction of sp³-hybridized carbons (Fsp3) is 0.647. The van der Waals surface area contributed by atoms with E-state index in [1.54, 1.807) is 0 Å². The smallest absolute Gasteiger partial charge is 0.0236 e. The van der Waals surface area contributed by atoms with E-state index in [0.29, 0.717) is 0 Å². The van der Waals surface area contributed by atoms with Gasteiger partial charge in [0.2, 0.25) is 0 Å². The lowest BCUT2D eigenvalue weighted by molar-refractivity contribution is 0.175. The fourth-order valence-corrected chi connectivity index (χ4v) is 2.96. The van der Waals surface area contributed by atoms with Gasteiger partial charge in [-0.3, -0.25) is 4.90 Å². The van der Waals surface area contributed by atoms with E-state index in [4.69, 9.17) is 0 Å². The molecule has 1 N–H and O–H groups in total. The molecule has 114 valence electrons. The van der Waals surface area contributed by atoms with Crippen LogP contribution >= 0.6 is 12.4 Å². The van der Waals surface area contributed by atoms with Crippen molar-refractivity contribution in [3.8, 4) is 0 Å². The molecule has 1 saturated heterocycles. The van der Waals surface area contributed by atoms with Crippen LogP contribution in [0.15, 0.2) is 18.2 Å². The SMILES string of the molecule is CCNCC1CCN(Cc2ccc(C)cc2C)CC1.Cl. The molecule has 0 saturated carbocycles. The maximum atomic E-state index is 3.48. The number of nitrogens with zero attached hydrogens (tertiary/aromatic N) is 1. The minimum atomic E-state index is 0. The van der Waals surface area contributed by atoms with Gasteiger partial charge < -0.3 is 5.32 Å². The van der Waals surface area contributed by atoms with Crippen LogP contribution in [0.25, 0.3) is 0 Å². The van der Waals surface area contributed by atoms with E-state index in [0.717, 1.165) is 19.0 Å². The number of benzene rings is 1. The van der Waals surface area contributed by atoms with Crippen LogP contribution in [0.1, 0.15) is 36.5 Å². The Bertz CT molecular complexity index is 398. The first-order valence-corrected chi connectivity index (χ1v) is 7.68. The van der Waals surface area contributed by atoms with Crippen molar-refractivity contribution in [2.45, 2.75) is 40.2 Å². The highest BCUT2D eigenvalue weighted by Gasteiger charge is 2.19. The van der Waals surface area contributed by atoms with E-state index in [-0.39, 0.29) is 12.4 Å². The summed E-state index contributed by atoms with van der Waals surface area (Å²) in [6, 6.07) is 6.84. The van der Waals surface area contributed by atoms with Crippen LogP contribution in [0, 0.1) is 19.8 Å². The molecule has 1 heterocycles. The second kappa shape index (κ2) is 8.66. The second-order valence-corrected chi connectivity index (χ2v) is 5.96. The van der Waals surface area contributed by atoms with Gasteiger partial charge >= 0.3 is 0 Å². The number of hydrogen-bond acceptors (Lipinski definition) is 2. The summed E-state index contributed by atoms with van der Waals surface area (Å²) >= 11 is 0. The summed E-state index contributed by atoms with van der Waals surface area (Å²) in [5.41, 5.74) is 4.30. The molecule has 0 bridgehead atoms. The van der Waals surface area contributed by atoms with Gasteiger partial charge in [-0.05, 0) is 69.9 Å². The standard InChI is InChI=1S/C17H28N2.ClH/c1-4-18-12-16-7-9-19(10-8-16)13-17-6-5-14(2)11-15(17)3;/h5-6,11,16,18H,4,7-10,12-13H2,1-3H3;1H. The molecule has 20 heavy (non-hydrogen) atoms. The van der Waals surface area contributed by atoms with Crippen LogP contribution in [-0.4, -0.2) is 31.1 Å². The lowest BCUT2D eigenvalue weighted by Gasteiger charge is -2.32. The number of hydrogen-bond donors (Lipinski definition) is 1. The first kappa shape index (κ1) is 17.5. The van der Waals surface area contributed by atoms with Crippen LogP contribution in [0.2, 0.25) is 0 Å². The molecule has 2 nitrogen and oxygen atoms in total. The van der Waals surface area contributed by atoms with Crippen molar-refractivity contribution in [2.75, 3.05) is 26.2 Å². The zero-order valence-electron chi connectivity index (χ0n) is 13.1. The van der Waals surface area contributed by atoms with Crippen molar-refractivity contribution in [3.63, 3.8) is 0 Å². The summed E-state index contributed by atoms with van der Waals surface area (Å²) in [4.78, 5) is 2.61. The largest absolute Gasteiger partial charge is 0.317 e. The number of halogens is 1. The molecule has 0 unspecified atom stereocenters. The molecule has 0 atom stereocenters. The summed E-state index contributed by atoms with van der Waals surface area (Å²) in [5, 5.41) is 3.48. The highest BCUT2D eigenvalue weighted by atomic mass is 35.5. The Morgan fingerprint density at radius 3 is 2.50 bits per heavy atom. The van der Waals surface area contributed by atoms with Gasteiger partial charge in [-0.15, -0.1) is 12.4 Å². The molecular formula is C17H29ClN2. The predicted molar refractivity (Wildman–Crippen MR) is 89.7 cm³/mol. The van der Waals surface area contributed by atoms with Gasteiger partial charge in [0.15, 0.2) is 0 Å². The molecule has 0 aromatic heterocycles. The molecule has 0 spiro atoms. The Morgan fingerprint density at radius 2 is 1.90 bits per heavy atom. The van der Waals surface area contributed by atoms with Gasteiger partial charge in [0.25, 0.3) is 0 Å². The van der Waals surface area contributed by atoms with Crippen LogP contribution in [0.5, 0.6) is 0 Å². The number of rotatable bonds is 5. The minimum Gasteiger partial charge on any atom is -0.317 e. The van der Waals surface area contributed by atoms with Gasteiger partial charge in [-0.1, -0.05) is 30.7 Å². The first-order valence-electron chi connectivity index (χ1n) is 7.68. The Hall–Kier alpha value is -0.570. The molecule has 1 fully saturated rings. The minimum absolute atomic E-state index is 0. The van der Waals surface area contributed by atoms with E-state index in [1.807, 2.05) is 0 Å². The predicted octanol–water partition coefficient (Wildman–Crippen LogP) is 3.55. The lowest BCUT2D eigenvalue weighted by atomic mass is 9.96. The van der Waals surface area contributed by atoms with Crippen LogP contribution in [-0.2, 0) is 6.54 Å². The number of likely N-dealkylation sites (tertiary alicyclic amines) is 1. The summed E-state index contributed by atoms with van der Waals surface area (Å²) in [6.45, 7) is 12.5. The molecule has 0 aliphatic carbocycles. The van der Waals surface area contributed by atoms with Crippen LogP contribution < -0.4 is 5.32 Å². The molecule has 3 heteroatoms. The molecular weight excluding hydrogens is 268 g/mol. The van der Waals surface area contributed by atoms with E-state index >= 15 is 0 Å². The van der Waals surface area contributed by atoms with E-state index < -0.39 is 0 Å². The topological polar surface area (TPSA) is 15.3 Å². The average Bonchev–Trinajstić information content (AvgIpc) is 2.41. The highest BCUT2D eigenvalue weighted by molar-refractivity contribution is 5.85. The molecule has 0 amide bonds. The van der Waals surface area contributed by atoms with Gasteiger partial charge in [-0.25, -0.2) is 0 Å². The zero-order valence-corrected chi connectivity index (χ0v) is 13.9. The summed E-state index contributed by atoms with van der Waals surface area (Å²) in [5.74, 6) is 0.885. The monoisotopic (exact) mass is 296 g/mol. The van der Waals surface area contributed by atoms with Crippen molar-refractivity contribution in [1.82, 2.24) is 10.2 Å². The molecule has 1 aliphatic heterocycles. The average molecular weight is 297 g/mol. The molecule has 1 aliphatic rings. The molecule has 1 aromatic rings. The van der Waals surface area contributed by atoms with Crippen molar-refractivity contribution in [2.24, 2.45) is 5.92 Å². The maximum absolute atomic E-state index is 3.48. The van der Waals surface area contributed by atoms with Gasteiger partial charge in [0.05, 0.1) is 0 Å². The van der Waals surface area contributed by atoms with Crippen molar-refractivity contribution in [3.05, 3.63) is 34.9 Å². The Morgan fingerprint density at radius 1 is 1.20 bits per heavy atom. The van der Waals surface area contributed by atoms with Crippen LogP contribution in [0.3, 0.4) is 0 Å². The third-order valence-corrected chi connectivity index (χ3v) is 4.28. The first-order chi connectivity index (χ1) is 9.19. The highest BCUT2D eigenvalue weighted by Crippen LogP contribution is 2.20. The van der Waals surface area contributed by atoms with E-state index in [9.17, 15) is 0 Å². The summed E-state index contributed by atoms with van der Waals surface area (Å²) in [7, 11) is 0. The molecule has 2 rings (SSSR count). The number of piperidine rings is 1. The second-order valence-electron chi connectivity index (χ2n) is 5.96. The van der Waals surface area contributed by atoms with Crippen molar-refractivity contribution in [1.29, 1.82) is 0 Å². The Kier molecular flexibility index (Phi) is 7.57. The van der Waals surface area contributed by atoms with Crippen molar-refractivity contribution >= 4 is 12.4 Å². The lowest BCUT2D eigenvalue weighted by Crippen LogP contribution is -2.37. The number of nitrogens with one attached hydrogen (secondary N) is 1. The zero-order chi connectivity index (χ0) is 13.7. The van der Waals surface area contributed by atoms with Gasteiger partial charge in [-0.2, -0.15) is 0 Å². The third-order valence-electron chi connectivity index (χ3n) is 4.28. The van der Waals surface area contributed by atoms with E-state index in [2.05, 4.69) is 49.2 Å². The van der Waals surface area contributed by atoms with Crippen molar-refractivity contribution < 1.29 is 0 Å². The molecule has 1 aromatic carbocycles. The maximum Gasteiger partial charge on any atom is 0.0236 e. The number of aryl methyl sites for hydroxylation is 2. The summed E-state index contributed by atoms with van der Waals surface area (Å²) in [6.07, 6.45) is 2.69. The van der Waals surface area contributed by atoms with Gasteiger partial charge in [0.1, 0.15) is 0 Å². The van der Waals surface area contributed by atoms with E-state index in [1.165, 1.54) is 49.2 Å². The Labute approximate surface area is 130 Å². The van der Waals surface area contributed by atoms with Crippen LogP contribution in [0.4, 0.5) is 0 Å². The fourth-order valence-electron chi connectivity index (χ4n) is 2.96. The Balaban J connectivity index is 0.00000200. The third kappa shape index (κ3) is 5.08. The summed E-state index contributed by atoms with van der Waals surface area (Å²) < 4.78 is 0. The van der Waals surface area contributed by atoms with Gasteiger partial charge in [0, 0.05) is 6.54 Å².